The molecule has 0 spiro atoms. The van der Waals surface area contributed by atoms with Gasteiger partial charge in [-0.3, -0.25) is 0 Å². The third-order valence-corrected chi connectivity index (χ3v) is 4.87. The van der Waals surface area contributed by atoms with Crippen LogP contribution in [0.25, 0.3) is 0 Å². The summed E-state index contributed by atoms with van der Waals surface area (Å²) in [6, 6.07) is 0. The van der Waals surface area contributed by atoms with Crippen LogP contribution in [0.4, 0.5) is 0 Å². The third kappa shape index (κ3) is 5.35. The van der Waals surface area contributed by atoms with Crippen LogP contribution in [-0.2, 0) is 17.7 Å². The van der Waals surface area contributed by atoms with Gasteiger partial charge in [0, 0.05) is 30.0 Å². The summed E-state index contributed by atoms with van der Waals surface area (Å²) >= 11 is 1.87. The second-order valence-electron chi connectivity index (χ2n) is 7.37. The average molecular weight is 311 g/mol. The van der Waals surface area contributed by atoms with E-state index in [1.54, 1.807) is 0 Å². The van der Waals surface area contributed by atoms with Crippen LogP contribution in [0.2, 0.25) is 0 Å². The van der Waals surface area contributed by atoms with Crippen molar-refractivity contribution in [2.45, 2.75) is 84.4 Å². The number of aromatic nitrogens is 1. The lowest BCUT2D eigenvalue weighted by atomic mass is 10.1. The van der Waals surface area contributed by atoms with Gasteiger partial charge in [0.2, 0.25) is 0 Å². The first-order valence-corrected chi connectivity index (χ1v) is 9.02. The maximum absolute atomic E-state index is 5.86. The van der Waals surface area contributed by atoms with Crippen LogP contribution in [0.15, 0.2) is 0 Å². The summed E-state index contributed by atoms with van der Waals surface area (Å²) < 4.78 is 5.86. The maximum Gasteiger partial charge on any atom is 0.0957 e. The monoisotopic (exact) mass is 310 g/mol. The first kappa shape index (κ1) is 16.9. The Labute approximate surface area is 133 Å². The van der Waals surface area contributed by atoms with Crippen molar-refractivity contribution < 1.29 is 4.74 Å². The van der Waals surface area contributed by atoms with Crippen LogP contribution in [0, 0.1) is 0 Å². The van der Waals surface area contributed by atoms with E-state index in [2.05, 4.69) is 39.9 Å². The fraction of sp³-hybridized carbons (Fsp3) is 0.824. The fourth-order valence-corrected chi connectivity index (χ4v) is 3.82. The Morgan fingerprint density at radius 1 is 1.33 bits per heavy atom. The zero-order chi connectivity index (χ0) is 15.5. The molecule has 1 atom stereocenters. The van der Waals surface area contributed by atoms with Crippen molar-refractivity contribution in [2.24, 2.45) is 0 Å². The van der Waals surface area contributed by atoms with Gasteiger partial charge in [0.1, 0.15) is 0 Å². The molecule has 1 aromatic rings. The van der Waals surface area contributed by atoms with Gasteiger partial charge >= 0.3 is 0 Å². The second kappa shape index (κ2) is 7.21. The Kier molecular flexibility index (Phi) is 5.81. The van der Waals surface area contributed by atoms with Crippen molar-refractivity contribution in [1.29, 1.82) is 0 Å². The van der Waals surface area contributed by atoms with E-state index < -0.39 is 0 Å². The number of hydrogen-bond acceptors (Lipinski definition) is 4. The van der Waals surface area contributed by atoms with E-state index in [4.69, 9.17) is 9.72 Å². The summed E-state index contributed by atoms with van der Waals surface area (Å²) in [4.78, 5) is 6.30. The Morgan fingerprint density at radius 2 is 2.10 bits per heavy atom. The summed E-state index contributed by atoms with van der Waals surface area (Å²) in [5.74, 6) is 0.485. The molecule has 3 nitrogen and oxygen atoms in total. The highest BCUT2D eigenvalue weighted by Crippen LogP contribution is 2.28. The first-order valence-electron chi connectivity index (χ1n) is 8.20. The van der Waals surface area contributed by atoms with Crippen molar-refractivity contribution in [3.8, 4) is 0 Å². The summed E-state index contributed by atoms with van der Waals surface area (Å²) in [5, 5.41) is 4.84. The number of rotatable bonds is 5. The molecule has 0 amide bonds. The Morgan fingerprint density at radius 3 is 2.67 bits per heavy atom. The lowest BCUT2D eigenvalue weighted by Crippen LogP contribution is -2.35. The highest BCUT2D eigenvalue weighted by molar-refractivity contribution is 7.11. The van der Waals surface area contributed by atoms with Crippen LogP contribution in [0.5, 0.6) is 0 Å². The molecule has 0 bridgehead atoms. The Hall–Kier alpha value is -0.450. The largest absolute Gasteiger partial charge is 0.378 e. The maximum atomic E-state index is 5.86. The summed E-state index contributed by atoms with van der Waals surface area (Å²) in [7, 11) is 0. The van der Waals surface area contributed by atoms with Crippen LogP contribution in [0.3, 0.4) is 0 Å². The minimum Gasteiger partial charge on any atom is -0.378 e. The summed E-state index contributed by atoms with van der Waals surface area (Å²) in [6.07, 6.45) is 5.07. The lowest BCUT2D eigenvalue weighted by molar-refractivity contribution is 0.0167. The van der Waals surface area contributed by atoms with Crippen molar-refractivity contribution >= 4 is 11.3 Å². The van der Waals surface area contributed by atoms with Crippen molar-refractivity contribution in [2.75, 3.05) is 6.61 Å². The molecule has 1 aliphatic heterocycles. The van der Waals surface area contributed by atoms with E-state index in [0.717, 1.165) is 19.6 Å². The molecule has 120 valence electrons. The predicted octanol–water partition coefficient (Wildman–Crippen LogP) is 4.27. The molecule has 1 N–H and O–H groups in total. The third-order valence-electron chi connectivity index (χ3n) is 3.77. The molecular weight excluding hydrogens is 280 g/mol. The Bertz CT molecular complexity index is 442. The minimum atomic E-state index is 0.144. The highest BCUT2D eigenvalue weighted by atomic mass is 32.1. The molecule has 0 aromatic carbocycles. The SMILES string of the molecule is CC(C)c1nc(CC2CCCCO2)sc1CNC(C)(C)C. The molecule has 2 rings (SSSR count). The van der Waals surface area contributed by atoms with Crippen molar-refractivity contribution in [1.82, 2.24) is 10.3 Å². The molecule has 2 heterocycles. The van der Waals surface area contributed by atoms with Gasteiger partial charge in [0.05, 0.1) is 16.8 Å². The fourth-order valence-electron chi connectivity index (χ4n) is 2.59. The molecule has 0 saturated carbocycles. The zero-order valence-corrected chi connectivity index (χ0v) is 15.0. The van der Waals surface area contributed by atoms with E-state index in [0.29, 0.717) is 12.0 Å². The zero-order valence-electron chi connectivity index (χ0n) is 14.2. The van der Waals surface area contributed by atoms with Crippen molar-refractivity contribution in [3.63, 3.8) is 0 Å². The molecule has 21 heavy (non-hydrogen) atoms. The molecule has 1 fully saturated rings. The molecule has 1 aliphatic rings. The first-order chi connectivity index (χ1) is 9.85. The van der Waals surface area contributed by atoms with E-state index in [-0.39, 0.29) is 5.54 Å². The Balaban J connectivity index is 2.05. The average Bonchev–Trinajstić information content (AvgIpc) is 2.80. The normalized spacial score (nSPS) is 20.2. The molecule has 0 radical (unpaired) electrons. The number of nitrogens with zero attached hydrogens (tertiary/aromatic N) is 1. The standard InChI is InChI=1S/C17H30N2OS/c1-12(2)16-14(11-18-17(3,4)5)21-15(19-16)10-13-8-6-7-9-20-13/h12-13,18H,6-11H2,1-5H3. The molecule has 4 heteroatoms. The topological polar surface area (TPSA) is 34.1 Å². The van der Waals surface area contributed by atoms with Gasteiger partial charge in [-0.2, -0.15) is 0 Å². The quantitative estimate of drug-likeness (QED) is 0.882. The smallest absolute Gasteiger partial charge is 0.0957 e. The van der Waals surface area contributed by atoms with Gasteiger partial charge in [-0.05, 0) is 46.0 Å². The van der Waals surface area contributed by atoms with Crippen LogP contribution < -0.4 is 5.32 Å². The van der Waals surface area contributed by atoms with Gasteiger partial charge in [-0.1, -0.05) is 13.8 Å². The van der Waals surface area contributed by atoms with Crippen LogP contribution in [-0.4, -0.2) is 23.2 Å². The number of hydrogen-bond donors (Lipinski definition) is 1. The van der Waals surface area contributed by atoms with Gasteiger partial charge in [-0.25, -0.2) is 4.98 Å². The van der Waals surface area contributed by atoms with Gasteiger partial charge < -0.3 is 10.1 Å². The van der Waals surface area contributed by atoms with E-state index in [9.17, 15) is 0 Å². The second-order valence-corrected chi connectivity index (χ2v) is 8.54. The molecule has 0 aliphatic carbocycles. The van der Waals surface area contributed by atoms with Gasteiger partial charge in [0.25, 0.3) is 0 Å². The van der Waals surface area contributed by atoms with E-state index in [1.807, 2.05) is 11.3 Å². The number of thiazole rings is 1. The summed E-state index contributed by atoms with van der Waals surface area (Å²) in [5.41, 5.74) is 1.41. The number of nitrogens with one attached hydrogen (secondary N) is 1. The summed E-state index contributed by atoms with van der Waals surface area (Å²) in [6.45, 7) is 12.9. The number of ether oxygens (including phenoxy) is 1. The highest BCUT2D eigenvalue weighted by Gasteiger charge is 2.20. The molecule has 1 aromatic heterocycles. The van der Waals surface area contributed by atoms with E-state index in [1.165, 1.54) is 34.8 Å². The predicted molar refractivity (Wildman–Crippen MR) is 90.1 cm³/mol. The molecule has 1 saturated heterocycles. The van der Waals surface area contributed by atoms with Gasteiger partial charge in [0.15, 0.2) is 0 Å². The van der Waals surface area contributed by atoms with Gasteiger partial charge in [-0.15, -0.1) is 11.3 Å². The van der Waals surface area contributed by atoms with Crippen LogP contribution in [0.1, 0.15) is 75.4 Å². The minimum absolute atomic E-state index is 0.144. The lowest BCUT2D eigenvalue weighted by Gasteiger charge is -2.21. The molecular formula is C17H30N2OS. The van der Waals surface area contributed by atoms with Crippen LogP contribution >= 0.6 is 11.3 Å². The molecule has 1 unspecified atom stereocenters. The van der Waals surface area contributed by atoms with Crippen molar-refractivity contribution in [3.05, 3.63) is 15.6 Å². The van der Waals surface area contributed by atoms with E-state index >= 15 is 0 Å².